The Morgan fingerprint density at radius 3 is 2.74 bits per heavy atom. The van der Waals surface area contributed by atoms with Crippen molar-refractivity contribution in [1.82, 2.24) is 14.8 Å². The van der Waals surface area contributed by atoms with Crippen molar-refractivity contribution >= 4 is 17.7 Å². The number of para-hydroxylation sites is 2. The van der Waals surface area contributed by atoms with Gasteiger partial charge in [0.05, 0.1) is 18.9 Å². The lowest BCUT2D eigenvalue weighted by Crippen LogP contribution is -2.31. The molecule has 7 heteroatoms. The Kier molecular flexibility index (Phi) is 6.19. The molecule has 2 fully saturated rings. The van der Waals surface area contributed by atoms with Crippen molar-refractivity contribution in [2.75, 3.05) is 37.5 Å². The predicted molar refractivity (Wildman–Crippen MR) is 108 cm³/mol. The Bertz CT molecular complexity index is 739. The molecule has 2 aliphatic heterocycles. The van der Waals surface area contributed by atoms with Gasteiger partial charge in [0.2, 0.25) is 5.95 Å². The zero-order valence-electron chi connectivity index (χ0n) is 16.0. The van der Waals surface area contributed by atoms with Gasteiger partial charge in [0.15, 0.2) is 5.16 Å². The van der Waals surface area contributed by atoms with Gasteiger partial charge in [-0.1, -0.05) is 23.9 Å². The Labute approximate surface area is 165 Å². The Balaban J connectivity index is 1.64. The minimum atomic E-state index is 0.310. The highest BCUT2D eigenvalue weighted by atomic mass is 32.2. The number of thioether (sulfide) groups is 1. The molecule has 6 nitrogen and oxygen atoms in total. The monoisotopic (exact) mass is 388 g/mol. The molecule has 146 valence electrons. The third-order valence-electron chi connectivity index (χ3n) is 5.25. The van der Waals surface area contributed by atoms with Gasteiger partial charge >= 0.3 is 0 Å². The minimum Gasteiger partial charge on any atom is -0.495 e. The number of nitrogens with zero attached hydrogens (tertiary/aromatic N) is 4. The largest absolute Gasteiger partial charge is 0.495 e. The van der Waals surface area contributed by atoms with Crippen LogP contribution in [0.3, 0.4) is 0 Å². The van der Waals surface area contributed by atoms with E-state index in [1.165, 1.54) is 32.1 Å². The van der Waals surface area contributed by atoms with E-state index in [0.29, 0.717) is 6.10 Å². The summed E-state index contributed by atoms with van der Waals surface area (Å²) in [6.07, 6.45) is 7.58. The fourth-order valence-electron chi connectivity index (χ4n) is 3.79. The van der Waals surface area contributed by atoms with Crippen molar-refractivity contribution < 1.29 is 9.47 Å². The fourth-order valence-corrected chi connectivity index (χ4v) is 4.79. The molecule has 0 bridgehead atoms. The van der Waals surface area contributed by atoms with Crippen molar-refractivity contribution in [2.24, 2.45) is 0 Å². The lowest BCUT2D eigenvalue weighted by molar-refractivity contribution is 0.0315. The Morgan fingerprint density at radius 1 is 1.11 bits per heavy atom. The standard InChI is InChI=1S/C20H28N4O2S/c1-25-18-11-4-3-10-17(18)24-19(23-12-6-2-7-13-23)21-22-20(24)27-15-16-9-5-8-14-26-16/h3-4,10-11,16H,2,5-9,12-15H2,1H3. The summed E-state index contributed by atoms with van der Waals surface area (Å²) in [6, 6.07) is 8.11. The molecule has 3 heterocycles. The topological polar surface area (TPSA) is 52.4 Å². The summed E-state index contributed by atoms with van der Waals surface area (Å²) in [7, 11) is 1.71. The maximum atomic E-state index is 5.90. The van der Waals surface area contributed by atoms with Gasteiger partial charge in [0, 0.05) is 25.4 Å². The first-order chi connectivity index (χ1) is 13.4. The first kappa shape index (κ1) is 18.6. The number of ether oxygens (including phenoxy) is 2. The van der Waals surface area contributed by atoms with Crippen LogP contribution in [0, 0.1) is 0 Å². The van der Waals surface area contributed by atoms with Gasteiger partial charge in [-0.25, -0.2) is 0 Å². The molecular formula is C20H28N4O2S. The molecule has 0 saturated carbocycles. The van der Waals surface area contributed by atoms with Crippen LogP contribution in [0.1, 0.15) is 38.5 Å². The summed E-state index contributed by atoms with van der Waals surface area (Å²) in [5.41, 5.74) is 0.998. The second-order valence-electron chi connectivity index (χ2n) is 7.14. The van der Waals surface area contributed by atoms with E-state index in [0.717, 1.165) is 54.4 Å². The fraction of sp³-hybridized carbons (Fsp3) is 0.600. The molecule has 4 rings (SSSR count). The first-order valence-corrected chi connectivity index (χ1v) is 10.9. The van der Waals surface area contributed by atoms with Gasteiger partial charge in [-0.2, -0.15) is 0 Å². The van der Waals surface area contributed by atoms with Crippen molar-refractivity contribution in [3.63, 3.8) is 0 Å². The van der Waals surface area contributed by atoms with Gasteiger partial charge in [0.1, 0.15) is 5.75 Å². The summed E-state index contributed by atoms with van der Waals surface area (Å²) in [4.78, 5) is 2.35. The molecule has 2 aromatic rings. The van der Waals surface area contributed by atoms with Gasteiger partial charge in [-0.15, -0.1) is 10.2 Å². The van der Waals surface area contributed by atoms with Gasteiger partial charge in [0.25, 0.3) is 0 Å². The predicted octanol–water partition coefficient (Wildman–Crippen LogP) is 3.93. The molecule has 1 aromatic heterocycles. The van der Waals surface area contributed by atoms with E-state index in [9.17, 15) is 0 Å². The van der Waals surface area contributed by atoms with Gasteiger partial charge in [-0.05, 0) is 50.7 Å². The average molecular weight is 389 g/mol. The summed E-state index contributed by atoms with van der Waals surface area (Å²) in [5.74, 6) is 2.67. The maximum absolute atomic E-state index is 5.90. The molecule has 2 aliphatic rings. The van der Waals surface area contributed by atoms with Crippen LogP contribution < -0.4 is 9.64 Å². The molecule has 1 atom stereocenters. The summed E-state index contributed by atoms with van der Waals surface area (Å²) >= 11 is 1.73. The van der Waals surface area contributed by atoms with E-state index in [1.54, 1.807) is 18.9 Å². The molecule has 27 heavy (non-hydrogen) atoms. The van der Waals surface area contributed by atoms with Crippen molar-refractivity contribution in [3.8, 4) is 11.4 Å². The second kappa shape index (κ2) is 8.97. The molecular weight excluding hydrogens is 360 g/mol. The minimum absolute atomic E-state index is 0.310. The quantitative estimate of drug-likeness (QED) is 0.699. The molecule has 0 radical (unpaired) electrons. The van der Waals surface area contributed by atoms with E-state index in [1.807, 2.05) is 18.2 Å². The number of rotatable bonds is 6. The number of benzene rings is 1. The summed E-state index contributed by atoms with van der Waals surface area (Å²) < 4.78 is 13.7. The number of hydrogen-bond donors (Lipinski definition) is 0. The SMILES string of the molecule is COc1ccccc1-n1c(SCC2CCCCO2)nnc1N1CCCCC1. The van der Waals surface area contributed by atoms with Crippen LogP contribution in [-0.4, -0.2) is 53.4 Å². The second-order valence-corrected chi connectivity index (χ2v) is 8.12. The third-order valence-corrected chi connectivity index (χ3v) is 6.31. The smallest absolute Gasteiger partial charge is 0.232 e. The Hall–Kier alpha value is -1.73. The summed E-state index contributed by atoms with van der Waals surface area (Å²) in [5, 5.41) is 10.0. The molecule has 0 amide bonds. The summed E-state index contributed by atoms with van der Waals surface area (Å²) in [6.45, 7) is 2.94. The molecule has 0 aliphatic carbocycles. The van der Waals surface area contributed by atoms with Crippen LogP contribution >= 0.6 is 11.8 Å². The maximum Gasteiger partial charge on any atom is 0.232 e. The normalized spacial score (nSPS) is 20.6. The molecule has 1 aromatic carbocycles. The Morgan fingerprint density at radius 2 is 1.96 bits per heavy atom. The number of methoxy groups -OCH3 is 1. The number of aromatic nitrogens is 3. The van der Waals surface area contributed by atoms with Crippen molar-refractivity contribution in [1.29, 1.82) is 0 Å². The lowest BCUT2D eigenvalue weighted by atomic mass is 10.1. The first-order valence-electron chi connectivity index (χ1n) is 9.95. The average Bonchev–Trinajstić information content (AvgIpc) is 3.17. The zero-order valence-corrected chi connectivity index (χ0v) is 16.8. The third kappa shape index (κ3) is 4.24. The molecule has 0 spiro atoms. The molecule has 1 unspecified atom stereocenters. The van der Waals surface area contributed by atoms with Crippen molar-refractivity contribution in [2.45, 2.75) is 49.8 Å². The van der Waals surface area contributed by atoms with E-state index in [-0.39, 0.29) is 0 Å². The van der Waals surface area contributed by atoms with E-state index >= 15 is 0 Å². The number of anilines is 1. The van der Waals surface area contributed by atoms with Crippen LogP contribution in [-0.2, 0) is 4.74 Å². The van der Waals surface area contributed by atoms with Gasteiger partial charge < -0.3 is 14.4 Å². The lowest BCUT2D eigenvalue weighted by Gasteiger charge is -2.28. The van der Waals surface area contributed by atoms with Gasteiger partial charge in [-0.3, -0.25) is 4.57 Å². The highest BCUT2D eigenvalue weighted by Gasteiger charge is 2.24. The highest BCUT2D eigenvalue weighted by Crippen LogP contribution is 2.33. The van der Waals surface area contributed by atoms with E-state index in [2.05, 4.69) is 25.7 Å². The van der Waals surface area contributed by atoms with Crippen LogP contribution in [0.4, 0.5) is 5.95 Å². The number of hydrogen-bond acceptors (Lipinski definition) is 6. The van der Waals surface area contributed by atoms with Crippen molar-refractivity contribution in [3.05, 3.63) is 24.3 Å². The number of piperidine rings is 1. The van der Waals surface area contributed by atoms with Crippen LogP contribution in [0.15, 0.2) is 29.4 Å². The molecule has 2 saturated heterocycles. The highest BCUT2D eigenvalue weighted by molar-refractivity contribution is 7.99. The zero-order chi connectivity index (χ0) is 18.5. The van der Waals surface area contributed by atoms with Crippen LogP contribution in [0.5, 0.6) is 5.75 Å². The molecule has 0 N–H and O–H groups in total. The van der Waals surface area contributed by atoms with E-state index in [4.69, 9.17) is 9.47 Å². The van der Waals surface area contributed by atoms with Crippen LogP contribution in [0.2, 0.25) is 0 Å². The van der Waals surface area contributed by atoms with E-state index < -0.39 is 0 Å². The van der Waals surface area contributed by atoms with Crippen LogP contribution in [0.25, 0.3) is 5.69 Å².